The Morgan fingerprint density at radius 2 is 1.87 bits per heavy atom. The van der Waals surface area contributed by atoms with Crippen LogP contribution in [0.5, 0.6) is 0 Å². The molecule has 2 aromatic rings. The minimum atomic E-state index is -0.684. The smallest absolute Gasteiger partial charge is 0.273 e. The number of benzene rings is 2. The third-order valence-corrected chi connectivity index (χ3v) is 5.83. The first-order chi connectivity index (χ1) is 14.8. The Morgan fingerprint density at radius 1 is 1.16 bits per heavy atom. The van der Waals surface area contributed by atoms with Crippen LogP contribution in [0.3, 0.4) is 0 Å². The van der Waals surface area contributed by atoms with Crippen molar-refractivity contribution in [3.63, 3.8) is 0 Å². The maximum absolute atomic E-state index is 13.3. The molecule has 1 atom stereocenters. The quantitative estimate of drug-likeness (QED) is 0.514. The Kier molecular flexibility index (Phi) is 7.39. The molecule has 0 aliphatic heterocycles. The van der Waals surface area contributed by atoms with Crippen molar-refractivity contribution in [3.8, 4) is 0 Å². The van der Waals surface area contributed by atoms with Crippen LogP contribution in [0, 0.1) is 17.0 Å². The fraction of sp³-hybridized carbons (Fsp3) is 0.417. The Bertz CT molecular complexity index is 953. The summed E-state index contributed by atoms with van der Waals surface area (Å²) in [6.07, 6.45) is 3.98. The zero-order valence-corrected chi connectivity index (χ0v) is 18.0. The summed E-state index contributed by atoms with van der Waals surface area (Å²) in [6.45, 7) is 3.96. The van der Waals surface area contributed by atoms with E-state index in [1.54, 1.807) is 25.1 Å². The van der Waals surface area contributed by atoms with E-state index in [4.69, 9.17) is 0 Å². The molecular formula is C24H29N3O4. The molecule has 7 nitrogen and oxygen atoms in total. The van der Waals surface area contributed by atoms with E-state index in [1.165, 1.54) is 11.0 Å². The number of rotatable bonds is 8. The monoisotopic (exact) mass is 423 g/mol. The molecule has 2 aromatic carbocycles. The summed E-state index contributed by atoms with van der Waals surface area (Å²) in [7, 11) is 0. The van der Waals surface area contributed by atoms with Gasteiger partial charge in [0.05, 0.1) is 11.3 Å². The van der Waals surface area contributed by atoms with Crippen molar-refractivity contribution in [2.45, 2.75) is 64.6 Å². The van der Waals surface area contributed by atoms with Crippen LogP contribution >= 0.6 is 0 Å². The highest BCUT2D eigenvalue weighted by Gasteiger charge is 2.29. The molecular weight excluding hydrogens is 394 g/mol. The SMILES string of the molecule is Cc1cccc(CN(C(=O)Cc2ccccc2[N+](=O)[O-])[C@@H](C)C(=O)NC2CCCC2)c1. The van der Waals surface area contributed by atoms with Crippen LogP contribution in [-0.2, 0) is 22.6 Å². The number of nitrogens with zero attached hydrogens (tertiary/aromatic N) is 2. The predicted molar refractivity (Wildman–Crippen MR) is 118 cm³/mol. The summed E-state index contributed by atoms with van der Waals surface area (Å²) in [5.41, 5.74) is 2.23. The van der Waals surface area contributed by atoms with Gasteiger partial charge in [-0.2, -0.15) is 0 Å². The van der Waals surface area contributed by atoms with Gasteiger partial charge in [-0.1, -0.05) is 60.9 Å². The van der Waals surface area contributed by atoms with Crippen molar-refractivity contribution in [3.05, 3.63) is 75.3 Å². The Balaban J connectivity index is 1.82. The second-order valence-corrected chi connectivity index (χ2v) is 8.24. The van der Waals surface area contributed by atoms with E-state index < -0.39 is 11.0 Å². The number of nitro benzene ring substituents is 1. The van der Waals surface area contributed by atoms with Gasteiger partial charge in [0.1, 0.15) is 6.04 Å². The van der Waals surface area contributed by atoms with Gasteiger partial charge in [0, 0.05) is 24.2 Å². The Labute approximate surface area is 182 Å². The van der Waals surface area contributed by atoms with E-state index in [1.807, 2.05) is 31.2 Å². The molecule has 0 unspecified atom stereocenters. The van der Waals surface area contributed by atoms with Gasteiger partial charge in [0.2, 0.25) is 11.8 Å². The molecule has 0 radical (unpaired) electrons. The molecule has 164 valence electrons. The third-order valence-electron chi connectivity index (χ3n) is 5.83. The largest absolute Gasteiger partial charge is 0.352 e. The fourth-order valence-corrected chi connectivity index (χ4v) is 4.08. The van der Waals surface area contributed by atoms with Crippen molar-refractivity contribution in [2.24, 2.45) is 0 Å². The van der Waals surface area contributed by atoms with Crippen LogP contribution in [0.2, 0.25) is 0 Å². The molecule has 1 saturated carbocycles. The summed E-state index contributed by atoms with van der Waals surface area (Å²) < 4.78 is 0. The maximum atomic E-state index is 13.3. The topological polar surface area (TPSA) is 92.6 Å². The first-order valence-corrected chi connectivity index (χ1v) is 10.7. The minimum Gasteiger partial charge on any atom is -0.352 e. The maximum Gasteiger partial charge on any atom is 0.273 e. The molecule has 1 fully saturated rings. The first-order valence-electron chi connectivity index (χ1n) is 10.7. The second-order valence-electron chi connectivity index (χ2n) is 8.24. The first kappa shape index (κ1) is 22.5. The molecule has 0 spiro atoms. The normalized spacial score (nSPS) is 14.8. The molecule has 0 heterocycles. The number of hydrogen-bond acceptors (Lipinski definition) is 4. The number of carbonyl (C=O) groups is 2. The molecule has 1 aliphatic carbocycles. The van der Waals surface area contributed by atoms with E-state index in [2.05, 4.69) is 5.32 Å². The van der Waals surface area contributed by atoms with Crippen LogP contribution in [0.25, 0.3) is 0 Å². The number of amides is 2. The lowest BCUT2D eigenvalue weighted by Crippen LogP contribution is -2.50. The van der Waals surface area contributed by atoms with Crippen molar-refractivity contribution in [1.82, 2.24) is 10.2 Å². The van der Waals surface area contributed by atoms with Crippen molar-refractivity contribution >= 4 is 17.5 Å². The molecule has 0 aromatic heterocycles. The molecule has 1 N–H and O–H groups in total. The number of aryl methyl sites for hydroxylation is 1. The lowest BCUT2D eigenvalue weighted by Gasteiger charge is -2.30. The van der Waals surface area contributed by atoms with Crippen molar-refractivity contribution in [1.29, 1.82) is 0 Å². The number of nitrogens with one attached hydrogen (secondary N) is 1. The number of hydrogen-bond donors (Lipinski definition) is 1. The molecule has 7 heteroatoms. The number of nitro groups is 1. The van der Waals surface area contributed by atoms with Crippen LogP contribution < -0.4 is 5.32 Å². The molecule has 0 bridgehead atoms. The van der Waals surface area contributed by atoms with Crippen molar-refractivity contribution in [2.75, 3.05) is 0 Å². The fourth-order valence-electron chi connectivity index (χ4n) is 4.08. The highest BCUT2D eigenvalue weighted by Crippen LogP contribution is 2.21. The van der Waals surface area contributed by atoms with Gasteiger partial charge in [-0.05, 0) is 32.3 Å². The van der Waals surface area contributed by atoms with E-state index in [0.717, 1.165) is 36.8 Å². The van der Waals surface area contributed by atoms with E-state index in [9.17, 15) is 19.7 Å². The Hall–Kier alpha value is -3.22. The van der Waals surface area contributed by atoms with Crippen LogP contribution in [0.4, 0.5) is 5.69 Å². The predicted octanol–water partition coefficient (Wildman–Crippen LogP) is 3.92. The molecule has 31 heavy (non-hydrogen) atoms. The van der Waals surface area contributed by atoms with Gasteiger partial charge < -0.3 is 10.2 Å². The van der Waals surface area contributed by atoms with Gasteiger partial charge >= 0.3 is 0 Å². The third kappa shape index (κ3) is 5.90. The summed E-state index contributed by atoms with van der Waals surface area (Å²) in [4.78, 5) is 38.6. The summed E-state index contributed by atoms with van der Waals surface area (Å²) in [6, 6.07) is 13.5. The lowest BCUT2D eigenvalue weighted by molar-refractivity contribution is -0.385. The highest BCUT2D eigenvalue weighted by molar-refractivity contribution is 5.88. The molecule has 1 aliphatic rings. The molecule has 2 amide bonds. The van der Waals surface area contributed by atoms with Gasteiger partial charge in [-0.15, -0.1) is 0 Å². The molecule has 0 saturated heterocycles. The van der Waals surface area contributed by atoms with Gasteiger partial charge in [0.15, 0.2) is 0 Å². The average molecular weight is 424 g/mol. The standard InChI is InChI=1S/C24H29N3O4/c1-17-8-7-9-19(14-17)16-26(18(2)24(29)25-21-11-4-5-12-21)23(28)15-20-10-3-6-13-22(20)27(30)31/h3,6-10,13-14,18,21H,4-5,11-12,15-16H2,1-2H3,(H,25,29)/t18-/m0/s1. The van der Waals surface area contributed by atoms with Gasteiger partial charge in [-0.3, -0.25) is 19.7 Å². The minimum absolute atomic E-state index is 0.0885. The zero-order chi connectivity index (χ0) is 22.4. The Morgan fingerprint density at radius 3 is 2.55 bits per heavy atom. The van der Waals surface area contributed by atoms with Crippen LogP contribution in [0.1, 0.15) is 49.3 Å². The summed E-state index contributed by atoms with van der Waals surface area (Å²) in [5, 5.41) is 14.4. The van der Waals surface area contributed by atoms with Gasteiger partial charge in [0.25, 0.3) is 5.69 Å². The van der Waals surface area contributed by atoms with Crippen molar-refractivity contribution < 1.29 is 14.5 Å². The van der Waals surface area contributed by atoms with E-state index >= 15 is 0 Å². The zero-order valence-electron chi connectivity index (χ0n) is 18.0. The average Bonchev–Trinajstić information content (AvgIpc) is 3.24. The molecule has 3 rings (SSSR count). The van der Waals surface area contributed by atoms with E-state index in [0.29, 0.717) is 5.56 Å². The lowest BCUT2D eigenvalue weighted by atomic mass is 10.1. The summed E-state index contributed by atoms with van der Waals surface area (Å²) in [5.74, 6) is -0.500. The van der Waals surface area contributed by atoms with Gasteiger partial charge in [-0.25, -0.2) is 0 Å². The van der Waals surface area contributed by atoms with Crippen LogP contribution in [0.15, 0.2) is 48.5 Å². The highest BCUT2D eigenvalue weighted by atomic mass is 16.6. The van der Waals surface area contributed by atoms with E-state index in [-0.39, 0.29) is 36.5 Å². The number of carbonyl (C=O) groups excluding carboxylic acids is 2. The number of para-hydroxylation sites is 1. The second kappa shape index (κ2) is 10.2. The van der Waals surface area contributed by atoms with Crippen LogP contribution in [-0.4, -0.2) is 33.7 Å². The summed E-state index contributed by atoms with van der Waals surface area (Å²) >= 11 is 0.